The molecule has 0 fully saturated rings. The van der Waals surface area contributed by atoms with Gasteiger partial charge in [0.1, 0.15) is 0 Å². The van der Waals surface area contributed by atoms with Crippen LogP contribution in [0.3, 0.4) is 0 Å². The third kappa shape index (κ3) is 3.67. The van der Waals surface area contributed by atoms with Crippen LogP contribution in [0.4, 0.5) is 11.4 Å². The zero-order valence-electron chi connectivity index (χ0n) is 14.0. The fraction of sp³-hybridized carbons (Fsp3) is 0.316. The third-order valence-electron chi connectivity index (χ3n) is 3.85. The van der Waals surface area contributed by atoms with Crippen LogP contribution in [-0.4, -0.2) is 12.5 Å². The van der Waals surface area contributed by atoms with Crippen molar-refractivity contribution in [3.8, 4) is 0 Å². The molecule has 0 bridgehead atoms. The fourth-order valence-corrected chi connectivity index (χ4v) is 2.82. The van der Waals surface area contributed by atoms with Crippen molar-refractivity contribution in [3.05, 3.63) is 58.1 Å². The molecule has 2 aromatic rings. The second-order valence-corrected chi connectivity index (χ2v) is 5.94. The summed E-state index contributed by atoms with van der Waals surface area (Å²) in [6, 6.07) is 10.3. The first-order valence-electron chi connectivity index (χ1n) is 7.56. The van der Waals surface area contributed by atoms with E-state index in [4.69, 9.17) is 0 Å². The molecule has 2 aromatic carbocycles. The number of aryl methyl sites for hydroxylation is 5. The summed E-state index contributed by atoms with van der Waals surface area (Å²) >= 11 is 0. The summed E-state index contributed by atoms with van der Waals surface area (Å²) in [6.07, 6.45) is 0. The molecule has 0 aromatic heterocycles. The van der Waals surface area contributed by atoms with E-state index < -0.39 is 0 Å². The van der Waals surface area contributed by atoms with E-state index in [1.54, 1.807) is 0 Å². The highest BCUT2D eigenvalue weighted by Crippen LogP contribution is 2.22. The molecule has 0 aliphatic rings. The molecule has 0 aliphatic carbocycles. The van der Waals surface area contributed by atoms with Crippen LogP contribution in [0.25, 0.3) is 0 Å². The van der Waals surface area contributed by atoms with Gasteiger partial charge in [0.2, 0.25) is 5.91 Å². The number of para-hydroxylation sites is 1. The van der Waals surface area contributed by atoms with Crippen molar-refractivity contribution in [3.63, 3.8) is 0 Å². The first-order valence-corrected chi connectivity index (χ1v) is 7.56. The van der Waals surface area contributed by atoms with E-state index in [0.29, 0.717) is 0 Å². The second kappa shape index (κ2) is 6.65. The third-order valence-corrected chi connectivity index (χ3v) is 3.85. The van der Waals surface area contributed by atoms with Gasteiger partial charge in [-0.2, -0.15) is 0 Å². The Morgan fingerprint density at radius 1 is 0.864 bits per heavy atom. The van der Waals surface area contributed by atoms with Crippen LogP contribution in [0.1, 0.15) is 27.8 Å². The Kier molecular flexibility index (Phi) is 4.86. The van der Waals surface area contributed by atoms with Crippen LogP contribution in [0, 0.1) is 34.6 Å². The Morgan fingerprint density at radius 2 is 1.41 bits per heavy atom. The predicted octanol–water partition coefficient (Wildman–Crippen LogP) is 4.28. The average molecular weight is 296 g/mol. The molecule has 0 saturated heterocycles. The summed E-state index contributed by atoms with van der Waals surface area (Å²) in [5.74, 6) is -0.0299. The van der Waals surface area contributed by atoms with Crippen LogP contribution >= 0.6 is 0 Å². The molecule has 0 spiro atoms. The van der Waals surface area contributed by atoms with Gasteiger partial charge in [-0.1, -0.05) is 35.9 Å². The minimum absolute atomic E-state index is 0.0299. The maximum absolute atomic E-state index is 12.2. The molecule has 3 heteroatoms. The van der Waals surface area contributed by atoms with E-state index in [1.807, 2.05) is 45.9 Å². The molecule has 116 valence electrons. The van der Waals surface area contributed by atoms with Gasteiger partial charge < -0.3 is 10.6 Å². The van der Waals surface area contributed by atoms with E-state index in [9.17, 15) is 4.79 Å². The van der Waals surface area contributed by atoms with Gasteiger partial charge in [0.25, 0.3) is 0 Å². The van der Waals surface area contributed by atoms with E-state index in [0.717, 1.165) is 33.6 Å². The lowest BCUT2D eigenvalue weighted by Crippen LogP contribution is -2.23. The molecule has 22 heavy (non-hydrogen) atoms. The summed E-state index contributed by atoms with van der Waals surface area (Å²) in [4.78, 5) is 12.2. The zero-order chi connectivity index (χ0) is 16.3. The number of rotatable bonds is 4. The Labute approximate surface area is 132 Å². The first-order chi connectivity index (χ1) is 10.4. The molecule has 0 saturated carbocycles. The summed E-state index contributed by atoms with van der Waals surface area (Å²) in [6.45, 7) is 10.5. The van der Waals surface area contributed by atoms with Crippen molar-refractivity contribution < 1.29 is 4.79 Å². The molecule has 0 heterocycles. The molecule has 1 amide bonds. The van der Waals surface area contributed by atoms with Crippen LogP contribution in [0.5, 0.6) is 0 Å². The van der Waals surface area contributed by atoms with Gasteiger partial charge in [-0.25, -0.2) is 0 Å². The largest absolute Gasteiger partial charge is 0.376 e. The summed E-state index contributed by atoms with van der Waals surface area (Å²) < 4.78 is 0. The van der Waals surface area contributed by atoms with Gasteiger partial charge in [-0.05, 0) is 56.9 Å². The lowest BCUT2D eigenvalue weighted by Gasteiger charge is -2.15. The number of carbonyl (C=O) groups excluding carboxylic acids is 1. The Bertz CT molecular complexity index is 661. The standard InChI is InChI=1S/C19H24N2O/c1-12-9-15(4)19(16(5)10-12)21-17(22)11-20-18-13(2)7-6-8-14(18)3/h6-10,20H,11H2,1-5H3,(H,21,22). The van der Waals surface area contributed by atoms with Crippen molar-refractivity contribution in [2.24, 2.45) is 0 Å². The van der Waals surface area contributed by atoms with E-state index >= 15 is 0 Å². The van der Waals surface area contributed by atoms with Gasteiger partial charge in [0.15, 0.2) is 0 Å². The number of anilines is 2. The van der Waals surface area contributed by atoms with E-state index in [2.05, 4.69) is 29.7 Å². The maximum Gasteiger partial charge on any atom is 0.243 e. The molecular formula is C19H24N2O. The lowest BCUT2D eigenvalue weighted by molar-refractivity contribution is -0.114. The molecule has 0 unspecified atom stereocenters. The Morgan fingerprint density at radius 3 is 1.95 bits per heavy atom. The van der Waals surface area contributed by atoms with Crippen LogP contribution in [-0.2, 0) is 4.79 Å². The summed E-state index contributed by atoms with van der Waals surface area (Å²) in [7, 11) is 0. The number of hydrogen-bond donors (Lipinski definition) is 2. The topological polar surface area (TPSA) is 41.1 Å². The molecule has 3 nitrogen and oxygen atoms in total. The highest BCUT2D eigenvalue weighted by atomic mass is 16.1. The van der Waals surface area contributed by atoms with Gasteiger partial charge in [-0.3, -0.25) is 4.79 Å². The first kappa shape index (κ1) is 16.1. The Hall–Kier alpha value is -2.29. The van der Waals surface area contributed by atoms with Gasteiger partial charge in [-0.15, -0.1) is 0 Å². The molecule has 2 rings (SSSR count). The smallest absolute Gasteiger partial charge is 0.243 e. The fourth-order valence-electron chi connectivity index (χ4n) is 2.82. The van der Waals surface area contributed by atoms with E-state index in [1.165, 1.54) is 5.56 Å². The van der Waals surface area contributed by atoms with Crippen molar-refractivity contribution in [2.75, 3.05) is 17.2 Å². The lowest BCUT2D eigenvalue weighted by atomic mass is 10.1. The van der Waals surface area contributed by atoms with Crippen molar-refractivity contribution in [2.45, 2.75) is 34.6 Å². The molecule has 0 radical (unpaired) electrons. The maximum atomic E-state index is 12.2. The van der Waals surface area contributed by atoms with E-state index in [-0.39, 0.29) is 12.5 Å². The normalized spacial score (nSPS) is 10.4. The van der Waals surface area contributed by atoms with Crippen molar-refractivity contribution in [1.82, 2.24) is 0 Å². The minimum atomic E-state index is -0.0299. The number of hydrogen-bond acceptors (Lipinski definition) is 2. The van der Waals surface area contributed by atoms with Gasteiger partial charge in [0.05, 0.1) is 6.54 Å². The van der Waals surface area contributed by atoms with Crippen molar-refractivity contribution >= 4 is 17.3 Å². The quantitative estimate of drug-likeness (QED) is 0.884. The number of nitrogens with one attached hydrogen (secondary N) is 2. The van der Waals surface area contributed by atoms with Crippen LogP contribution in [0.15, 0.2) is 30.3 Å². The Balaban J connectivity index is 2.05. The summed E-state index contributed by atoms with van der Waals surface area (Å²) in [5.41, 5.74) is 7.65. The molecular weight excluding hydrogens is 272 g/mol. The molecule has 0 aliphatic heterocycles. The summed E-state index contributed by atoms with van der Waals surface area (Å²) in [5, 5.41) is 6.25. The number of amides is 1. The molecule has 2 N–H and O–H groups in total. The molecule has 0 atom stereocenters. The van der Waals surface area contributed by atoms with Crippen LogP contribution in [0.2, 0.25) is 0 Å². The monoisotopic (exact) mass is 296 g/mol. The number of carbonyl (C=O) groups is 1. The van der Waals surface area contributed by atoms with Gasteiger partial charge >= 0.3 is 0 Å². The SMILES string of the molecule is Cc1cc(C)c(NC(=O)CNc2c(C)cccc2C)c(C)c1. The average Bonchev–Trinajstić information content (AvgIpc) is 2.42. The second-order valence-electron chi connectivity index (χ2n) is 5.94. The van der Waals surface area contributed by atoms with Gasteiger partial charge in [0, 0.05) is 11.4 Å². The zero-order valence-corrected chi connectivity index (χ0v) is 14.0. The van der Waals surface area contributed by atoms with Crippen molar-refractivity contribution in [1.29, 1.82) is 0 Å². The minimum Gasteiger partial charge on any atom is -0.376 e. The highest BCUT2D eigenvalue weighted by molar-refractivity contribution is 5.95. The predicted molar refractivity (Wildman–Crippen MR) is 93.7 cm³/mol. The van der Waals surface area contributed by atoms with Crippen LogP contribution < -0.4 is 10.6 Å². The number of benzene rings is 2. The highest BCUT2D eigenvalue weighted by Gasteiger charge is 2.09.